The van der Waals surface area contributed by atoms with E-state index in [0.717, 1.165) is 59.5 Å². The molecule has 0 radical (unpaired) electrons. The zero-order valence-corrected chi connectivity index (χ0v) is 23.0. The van der Waals surface area contributed by atoms with Crippen LogP contribution < -0.4 is 10.6 Å². The Morgan fingerprint density at radius 3 is 1.95 bits per heavy atom. The highest BCUT2D eigenvalue weighted by Gasteiger charge is 2.24. The van der Waals surface area contributed by atoms with Crippen LogP contribution in [0.2, 0.25) is 0 Å². The van der Waals surface area contributed by atoms with Crippen molar-refractivity contribution in [2.45, 2.75) is 59.8 Å². The van der Waals surface area contributed by atoms with Crippen LogP contribution in [0.1, 0.15) is 59.8 Å². The smallest absolute Gasteiger partial charge is 0.227 e. The average molecular weight is 513 g/mol. The van der Waals surface area contributed by atoms with Gasteiger partial charge in [-0.05, 0) is 61.2 Å². The molecule has 38 heavy (non-hydrogen) atoms. The van der Waals surface area contributed by atoms with Gasteiger partial charge in [-0.2, -0.15) is 0 Å². The highest BCUT2D eigenvalue weighted by molar-refractivity contribution is 5.95. The lowest BCUT2D eigenvalue weighted by atomic mass is 9.85. The topological polar surface area (TPSA) is 86.9 Å². The molecule has 0 spiro atoms. The van der Waals surface area contributed by atoms with Crippen LogP contribution >= 0.6 is 0 Å². The first kappa shape index (κ1) is 28.6. The molecule has 0 aliphatic heterocycles. The van der Waals surface area contributed by atoms with E-state index in [4.69, 9.17) is 0 Å². The number of amides is 2. The van der Waals surface area contributed by atoms with Gasteiger partial charge in [-0.25, -0.2) is 4.98 Å². The molecule has 200 valence electrons. The number of benzene rings is 3. The quantitative estimate of drug-likeness (QED) is 0.201. The first-order valence-corrected chi connectivity index (χ1v) is 13.7. The molecule has 0 saturated carbocycles. The number of fused-ring (bicyclic) bond motifs is 1. The molecule has 1 aromatic heterocycles. The molecule has 0 saturated heterocycles. The maximum absolute atomic E-state index is 12.8. The minimum absolute atomic E-state index is 0.0214. The van der Waals surface area contributed by atoms with Gasteiger partial charge >= 0.3 is 0 Å². The first-order chi connectivity index (χ1) is 18.5. The van der Waals surface area contributed by atoms with Crippen molar-refractivity contribution < 1.29 is 9.59 Å². The summed E-state index contributed by atoms with van der Waals surface area (Å²) < 4.78 is 0. The number of carbonyl (C=O) groups excluding carboxylic acids is 2. The van der Waals surface area contributed by atoms with Crippen molar-refractivity contribution >= 4 is 34.2 Å². The molecule has 0 bridgehead atoms. The van der Waals surface area contributed by atoms with Crippen LogP contribution in [0.15, 0.2) is 78.9 Å². The van der Waals surface area contributed by atoms with Crippen LogP contribution in [0.4, 0.5) is 11.4 Å². The van der Waals surface area contributed by atoms with Gasteiger partial charge in [-0.1, -0.05) is 76.9 Å². The second-order valence-corrected chi connectivity index (χ2v) is 9.43. The van der Waals surface area contributed by atoms with Gasteiger partial charge in [0.05, 0.1) is 11.0 Å². The lowest BCUT2D eigenvalue weighted by molar-refractivity contribution is -0.121. The lowest BCUT2D eigenvalue weighted by Crippen LogP contribution is -2.28. The van der Waals surface area contributed by atoms with Crippen LogP contribution in [0.5, 0.6) is 0 Å². The van der Waals surface area contributed by atoms with Crippen LogP contribution in [0.25, 0.3) is 22.4 Å². The van der Waals surface area contributed by atoms with E-state index in [9.17, 15) is 9.59 Å². The Labute approximate surface area is 226 Å². The van der Waals surface area contributed by atoms with E-state index in [1.54, 1.807) is 0 Å². The van der Waals surface area contributed by atoms with E-state index in [0.29, 0.717) is 12.3 Å². The maximum atomic E-state index is 12.8. The number of nitrogens with zero attached hydrogens (tertiary/aromatic N) is 1. The van der Waals surface area contributed by atoms with Crippen molar-refractivity contribution in [3.8, 4) is 11.4 Å². The third-order valence-corrected chi connectivity index (χ3v) is 6.73. The lowest BCUT2D eigenvalue weighted by Gasteiger charge is -2.23. The number of aromatic nitrogens is 2. The van der Waals surface area contributed by atoms with Crippen LogP contribution in [0.3, 0.4) is 0 Å². The van der Waals surface area contributed by atoms with Crippen molar-refractivity contribution in [2.75, 3.05) is 10.6 Å². The van der Waals surface area contributed by atoms with Crippen molar-refractivity contribution in [3.05, 3.63) is 78.9 Å². The third-order valence-electron chi connectivity index (χ3n) is 6.73. The van der Waals surface area contributed by atoms with E-state index >= 15 is 0 Å². The summed E-state index contributed by atoms with van der Waals surface area (Å²) in [7, 11) is 0. The Kier molecular flexibility index (Phi) is 11.1. The molecule has 1 unspecified atom stereocenters. The Bertz CT molecular complexity index is 1250. The van der Waals surface area contributed by atoms with Crippen molar-refractivity contribution in [1.82, 2.24) is 9.97 Å². The highest BCUT2D eigenvalue weighted by Crippen LogP contribution is 2.27. The van der Waals surface area contributed by atoms with Gasteiger partial charge < -0.3 is 15.6 Å². The van der Waals surface area contributed by atoms with Crippen molar-refractivity contribution in [3.63, 3.8) is 0 Å². The summed E-state index contributed by atoms with van der Waals surface area (Å²) in [6.45, 7) is 8.35. The summed E-state index contributed by atoms with van der Waals surface area (Å²) in [6, 6.07) is 25.4. The fourth-order valence-corrected chi connectivity index (χ4v) is 4.60. The predicted octanol–water partition coefficient (Wildman–Crippen LogP) is 8.06. The number of carbonyl (C=O) groups is 2. The van der Waals surface area contributed by atoms with Crippen LogP contribution in [0, 0.1) is 11.8 Å². The number of aromatic amines is 1. The molecule has 0 fully saturated rings. The largest absolute Gasteiger partial charge is 0.338 e. The highest BCUT2D eigenvalue weighted by atomic mass is 16.2. The maximum Gasteiger partial charge on any atom is 0.227 e. The Morgan fingerprint density at radius 1 is 0.789 bits per heavy atom. The number of nitrogens with one attached hydrogen (secondary N) is 3. The third kappa shape index (κ3) is 8.04. The summed E-state index contributed by atoms with van der Waals surface area (Å²) in [5.74, 6) is 1.28. The SMILES string of the molecule is CCCC(=O)Nc1ccc(-c2nc3ccc(NC(=O)C(CC)C(CC)CC)cc3[nH]2)cc1.c1ccccc1. The summed E-state index contributed by atoms with van der Waals surface area (Å²) >= 11 is 0. The predicted molar refractivity (Wildman–Crippen MR) is 158 cm³/mol. The minimum atomic E-state index is 0.0214. The number of hydrogen-bond acceptors (Lipinski definition) is 3. The van der Waals surface area contributed by atoms with E-state index in [2.05, 4.69) is 41.4 Å². The normalized spacial score (nSPS) is 11.5. The fraction of sp³-hybridized carbons (Fsp3) is 0.344. The monoisotopic (exact) mass is 512 g/mol. The second-order valence-electron chi connectivity index (χ2n) is 9.43. The Morgan fingerprint density at radius 2 is 1.39 bits per heavy atom. The fourth-order valence-electron chi connectivity index (χ4n) is 4.60. The van der Waals surface area contributed by atoms with E-state index < -0.39 is 0 Å². The first-order valence-electron chi connectivity index (χ1n) is 13.7. The van der Waals surface area contributed by atoms with Gasteiger partial charge in [0.1, 0.15) is 5.82 Å². The zero-order chi connectivity index (χ0) is 27.3. The number of rotatable bonds is 10. The Hall–Kier alpha value is -3.93. The zero-order valence-electron chi connectivity index (χ0n) is 23.0. The molecular weight excluding hydrogens is 472 g/mol. The van der Waals surface area contributed by atoms with Gasteiger partial charge in [0.15, 0.2) is 0 Å². The number of imidazole rings is 1. The summed E-state index contributed by atoms with van der Waals surface area (Å²) in [5, 5.41) is 5.99. The molecule has 3 N–H and O–H groups in total. The number of anilines is 2. The molecule has 6 nitrogen and oxygen atoms in total. The standard InChI is InChI=1S/C26H34N4O2.C6H6/c1-5-9-24(31)27-19-12-10-18(11-13-19)25-29-22-15-14-20(16-23(22)30-25)28-26(32)21(8-4)17(6-2)7-3;1-2-4-6-5-3-1/h10-17,21H,5-9H2,1-4H3,(H,27,31)(H,28,32)(H,29,30);1-6H. The average Bonchev–Trinajstić information content (AvgIpc) is 3.37. The van der Waals surface area contributed by atoms with Gasteiger partial charge in [0, 0.05) is 29.3 Å². The molecular formula is C32H40N4O2. The molecule has 4 aromatic rings. The van der Waals surface area contributed by atoms with Gasteiger partial charge in [-0.3, -0.25) is 9.59 Å². The molecule has 0 aliphatic carbocycles. The van der Waals surface area contributed by atoms with E-state index in [1.165, 1.54) is 0 Å². The van der Waals surface area contributed by atoms with Crippen molar-refractivity contribution in [1.29, 1.82) is 0 Å². The molecule has 1 atom stereocenters. The number of H-pyrrole nitrogens is 1. The summed E-state index contributed by atoms with van der Waals surface area (Å²) in [5.41, 5.74) is 4.19. The minimum Gasteiger partial charge on any atom is -0.338 e. The summed E-state index contributed by atoms with van der Waals surface area (Å²) in [6.07, 6.45) is 4.19. The molecule has 3 aromatic carbocycles. The summed E-state index contributed by atoms with van der Waals surface area (Å²) in [4.78, 5) is 32.6. The van der Waals surface area contributed by atoms with Gasteiger partial charge in [0.25, 0.3) is 0 Å². The van der Waals surface area contributed by atoms with Crippen LogP contribution in [-0.4, -0.2) is 21.8 Å². The molecule has 6 heteroatoms. The van der Waals surface area contributed by atoms with E-state index in [1.807, 2.05) is 85.8 Å². The van der Waals surface area contributed by atoms with Crippen LogP contribution in [-0.2, 0) is 9.59 Å². The molecule has 4 rings (SSSR count). The second kappa shape index (κ2) is 14.7. The Balaban J connectivity index is 0.000000585. The number of hydrogen-bond donors (Lipinski definition) is 3. The van der Waals surface area contributed by atoms with E-state index in [-0.39, 0.29) is 17.7 Å². The molecule has 2 amide bonds. The van der Waals surface area contributed by atoms with Gasteiger partial charge in [0.2, 0.25) is 11.8 Å². The van der Waals surface area contributed by atoms with Crippen molar-refractivity contribution in [2.24, 2.45) is 11.8 Å². The van der Waals surface area contributed by atoms with Gasteiger partial charge in [-0.15, -0.1) is 0 Å². The molecule has 0 aliphatic rings. The molecule has 1 heterocycles.